The Labute approximate surface area is 252 Å². The van der Waals surface area contributed by atoms with Crippen molar-refractivity contribution in [3.8, 4) is 11.3 Å². The van der Waals surface area contributed by atoms with Gasteiger partial charge in [0.2, 0.25) is 6.71 Å². The fourth-order valence-corrected chi connectivity index (χ4v) is 8.34. The number of aromatic nitrogens is 1. The van der Waals surface area contributed by atoms with Crippen LogP contribution in [0.4, 0.5) is 0 Å². The molecule has 3 heteroatoms. The van der Waals surface area contributed by atoms with Gasteiger partial charge in [-0.1, -0.05) is 146 Å². The van der Waals surface area contributed by atoms with Gasteiger partial charge >= 0.3 is 0 Å². The van der Waals surface area contributed by atoms with Crippen molar-refractivity contribution in [3.05, 3.63) is 99.7 Å². The van der Waals surface area contributed by atoms with Crippen molar-refractivity contribution < 1.29 is 0 Å². The minimum absolute atomic E-state index is 0.158. The van der Waals surface area contributed by atoms with Gasteiger partial charge in [-0.3, -0.25) is 4.98 Å². The number of hydrogen-bond donors (Lipinski definition) is 0. The summed E-state index contributed by atoms with van der Waals surface area (Å²) in [5.74, 6) is 0.442. The third-order valence-electron chi connectivity index (χ3n) is 9.08. The normalized spacial score (nSPS) is 12.9. The van der Waals surface area contributed by atoms with Crippen LogP contribution in [0.15, 0.2) is 60.8 Å². The van der Waals surface area contributed by atoms with Crippen molar-refractivity contribution in [2.24, 2.45) is 5.41 Å². The number of hydrogen-bond acceptors (Lipinski definition) is 1. The van der Waals surface area contributed by atoms with Crippen molar-refractivity contribution in [2.75, 3.05) is 0 Å². The Balaban J connectivity index is 1.97. The number of benzene rings is 3. The van der Waals surface area contributed by atoms with E-state index in [2.05, 4.69) is 150 Å². The van der Waals surface area contributed by atoms with E-state index in [4.69, 9.17) is 4.98 Å². The fraction of sp³-hybridized carbons (Fsp3) is 0.395. The molecule has 0 saturated carbocycles. The van der Waals surface area contributed by atoms with Crippen LogP contribution in [-0.2, 0) is 0 Å². The first-order chi connectivity index (χ1) is 19.0. The van der Waals surface area contributed by atoms with Crippen LogP contribution >= 0.6 is 0 Å². The highest BCUT2D eigenvalue weighted by Crippen LogP contribution is 2.35. The van der Waals surface area contributed by atoms with E-state index >= 15 is 0 Å². The lowest BCUT2D eigenvalue weighted by Crippen LogP contribution is -2.55. The van der Waals surface area contributed by atoms with Gasteiger partial charge in [-0.25, -0.2) is 0 Å². The maximum atomic E-state index is 5.11. The number of pyridine rings is 1. The van der Waals surface area contributed by atoms with Gasteiger partial charge in [0.05, 0.1) is 13.8 Å². The molecule has 0 saturated heterocycles. The lowest BCUT2D eigenvalue weighted by molar-refractivity contribution is 0.340. The minimum Gasteiger partial charge on any atom is -0.256 e. The molecule has 0 bridgehead atoms. The first-order valence-electron chi connectivity index (χ1n) is 15.2. The lowest BCUT2D eigenvalue weighted by Gasteiger charge is -2.32. The van der Waals surface area contributed by atoms with Crippen LogP contribution in [0, 0.1) is 47.0 Å². The van der Waals surface area contributed by atoms with Gasteiger partial charge in [-0.2, -0.15) is 0 Å². The molecule has 214 valence electrons. The molecular formula is C38H50BNSi. The van der Waals surface area contributed by atoms with Gasteiger partial charge < -0.3 is 0 Å². The third-order valence-corrected chi connectivity index (χ3v) is 11.1. The Bertz CT molecular complexity index is 1480. The van der Waals surface area contributed by atoms with E-state index in [9.17, 15) is 0 Å². The molecule has 41 heavy (non-hydrogen) atoms. The summed E-state index contributed by atoms with van der Waals surface area (Å²) in [7, 11) is -1.56. The molecule has 0 amide bonds. The van der Waals surface area contributed by atoms with E-state index in [1.165, 1.54) is 66.1 Å². The number of rotatable bonds is 6. The second kappa shape index (κ2) is 11.4. The molecule has 0 aliphatic carbocycles. The molecule has 0 aliphatic heterocycles. The largest absolute Gasteiger partial charge is 0.256 e. The number of aryl methyl sites for hydroxylation is 6. The zero-order valence-electron chi connectivity index (χ0n) is 27.9. The van der Waals surface area contributed by atoms with Gasteiger partial charge in [-0.05, 0) is 75.3 Å². The van der Waals surface area contributed by atoms with Crippen molar-refractivity contribution in [1.29, 1.82) is 0 Å². The van der Waals surface area contributed by atoms with Gasteiger partial charge in [0.15, 0.2) is 0 Å². The lowest BCUT2D eigenvalue weighted by atomic mass is 9.34. The zero-order chi connectivity index (χ0) is 30.4. The summed E-state index contributed by atoms with van der Waals surface area (Å²) >= 11 is 0. The van der Waals surface area contributed by atoms with E-state index in [-0.39, 0.29) is 12.1 Å². The molecule has 1 atom stereocenters. The highest BCUT2D eigenvalue weighted by Gasteiger charge is 2.31. The molecule has 0 spiro atoms. The molecule has 1 unspecified atom stereocenters. The first-order valence-corrected chi connectivity index (χ1v) is 18.7. The molecule has 0 N–H and O–H groups in total. The van der Waals surface area contributed by atoms with Gasteiger partial charge in [0.1, 0.15) is 0 Å². The second-order valence-electron chi connectivity index (χ2n) is 14.7. The van der Waals surface area contributed by atoms with Crippen LogP contribution in [0.3, 0.4) is 0 Å². The highest BCUT2D eigenvalue weighted by atomic mass is 28.3. The zero-order valence-corrected chi connectivity index (χ0v) is 28.9. The third kappa shape index (κ3) is 6.46. The van der Waals surface area contributed by atoms with Crippen LogP contribution in [0.5, 0.6) is 0 Å². The smallest absolute Gasteiger partial charge is 0.242 e. The predicted octanol–water partition coefficient (Wildman–Crippen LogP) is 7.81. The average molecular weight is 560 g/mol. The molecule has 1 heterocycles. The number of nitrogens with zero attached hydrogens (tertiary/aromatic N) is 1. The molecule has 4 aromatic rings. The summed E-state index contributed by atoms with van der Waals surface area (Å²) < 4.78 is 0. The van der Waals surface area contributed by atoms with Gasteiger partial charge in [0, 0.05) is 6.20 Å². The van der Waals surface area contributed by atoms with E-state index in [1.807, 2.05) is 0 Å². The second-order valence-corrected chi connectivity index (χ2v) is 19.7. The van der Waals surface area contributed by atoms with Crippen molar-refractivity contribution in [2.45, 2.75) is 94.8 Å². The Kier molecular flexibility index (Phi) is 8.63. The SMILES string of the molecule is Cc1cc(C)c(B(c2cccc(-c3cc(C(C)C(C)(C)C)c([Si](C)(C)C)cn3)c2)c2c(C)cc(C)cc2C)c(C)c1. The molecule has 1 nitrogen and oxygen atoms in total. The summed E-state index contributed by atoms with van der Waals surface area (Å²) in [6, 6.07) is 21.0. The molecule has 1 aromatic heterocycles. The molecule has 4 rings (SSSR count). The van der Waals surface area contributed by atoms with Crippen LogP contribution in [-0.4, -0.2) is 19.8 Å². The van der Waals surface area contributed by atoms with E-state index in [0.717, 1.165) is 5.69 Å². The summed E-state index contributed by atoms with van der Waals surface area (Å²) in [5, 5.41) is 1.48. The maximum absolute atomic E-state index is 5.11. The van der Waals surface area contributed by atoms with Gasteiger partial charge in [0.25, 0.3) is 0 Å². The Morgan fingerprint density at radius 3 is 1.63 bits per heavy atom. The predicted molar refractivity (Wildman–Crippen MR) is 186 cm³/mol. The Hall–Kier alpha value is -2.91. The topological polar surface area (TPSA) is 12.9 Å². The Morgan fingerprint density at radius 2 is 1.20 bits per heavy atom. The quantitative estimate of drug-likeness (QED) is 0.220. The molecule has 0 radical (unpaired) electrons. The minimum atomic E-state index is -1.56. The first kappa shape index (κ1) is 31.0. The molecule has 0 fully saturated rings. The molecule has 3 aromatic carbocycles. The summed E-state index contributed by atoms with van der Waals surface area (Å²) in [6.45, 7) is 30.5. The summed E-state index contributed by atoms with van der Waals surface area (Å²) in [4.78, 5) is 5.11. The van der Waals surface area contributed by atoms with Crippen molar-refractivity contribution in [3.63, 3.8) is 0 Å². The Morgan fingerprint density at radius 1 is 0.707 bits per heavy atom. The van der Waals surface area contributed by atoms with E-state index in [0.29, 0.717) is 5.92 Å². The summed E-state index contributed by atoms with van der Waals surface area (Å²) in [6.07, 6.45) is 2.20. The van der Waals surface area contributed by atoms with Crippen molar-refractivity contribution in [1.82, 2.24) is 4.98 Å². The van der Waals surface area contributed by atoms with Gasteiger partial charge in [-0.15, -0.1) is 0 Å². The average Bonchev–Trinajstić information content (AvgIpc) is 2.85. The molecule has 0 aliphatic rings. The van der Waals surface area contributed by atoms with Crippen LogP contribution < -0.4 is 21.6 Å². The van der Waals surface area contributed by atoms with Crippen LogP contribution in [0.1, 0.15) is 72.6 Å². The van der Waals surface area contributed by atoms with E-state index < -0.39 is 8.07 Å². The van der Waals surface area contributed by atoms with Crippen LogP contribution in [0.2, 0.25) is 19.6 Å². The monoisotopic (exact) mass is 559 g/mol. The highest BCUT2D eigenvalue weighted by molar-refractivity contribution is 6.96. The standard InChI is InChI=1S/C38H50BNSi/c1-24-17-26(3)36(27(4)18-24)39(37-28(5)19-25(2)20-29(37)6)32-16-14-15-31(21-32)34-22-33(30(7)38(8,9)10)35(23-40-34)41(11,12)13/h14-23,30H,1-13H3. The maximum Gasteiger partial charge on any atom is 0.242 e. The summed E-state index contributed by atoms with van der Waals surface area (Å²) in [5.41, 5.74) is 16.2. The van der Waals surface area contributed by atoms with E-state index in [1.54, 1.807) is 0 Å². The van der Waals surface area contributed by atoms with Crippen molar-refractivity contribution >= 4 is 36.4 Å². The van der Waals surface area contributed by atoms with Crippen LogP contribution in [0.25, 0.3) is 11.3 Å². The molecular weight excluding hydrogens is 509 g/mol. The fourth-order valence-electron chi connectivity index (χ4n) is 6.73.